The van der Waals surface area contributed by atoms with Gasteiger partial charge < -0.3 is 11.1 Å². The molecule has 3 atom stereocenters. The molecule has 2 rings (SSSR count). The van der Waals surface area contributed by atoms with Gasteiger partial charge >= 0.3 is 0 Å². The van der Waals surface area contributed by atoms with E-state index in [4.69, 9.17) is 5.73 Å². The average molecular weight is 394 g/mol. The Hall–Kier alpha value is -0.650. The highest BCUT2D eigenvalue weighted by molar-refractivity contribution is 9.10. The van der Waals surface area contributed by atoms with Crippen LogP contribution in [0.1, 0.15) is 38.2 Å². The van der Waals surface area contributed by atoms with Crippen LogP contribution in [0.5, 0.6) is 0 Å². The lowest BCUT2D eigenvalue weighted by molar-refractivity contribution is -0.122. The van der Waals surface area contributed by atoms with Gasteiger partial charge in [-0.15, -0.1) is 12.4 Å². The Labute approximate surface area is 145 Å². The molecule has 3 N–H and O–H groups in total. The average Bonchev–Trinajstić information content (AvgIpc) is 2.79. The normalized spacial score (nSPS) is 22.0. The highest BCUT2D eigenvalue weighted by atomic mass is 79.9. The number of halogens is 3. The molecule has 1 unspecified atom stereocenters. The first-order chi connectivity index (χ1) is 9.95. The van der Waals surface area contributed by atoms with Gasteiger partial charge in [0.1, 0.15) is 5.82 Å². The van der Waals surface area contributed by atoms with Gasteiger partial charge in [0, 0.05) is 18.5 Å². The van der Waals surface area contributed by atoms with Gasteiger partial charge in [0.25, 0.3) is 0 Å². The summed E-state index contributed by atoms with van der Waals surface area (Å²) in [6.07, 6.45) is 4.39. The second-order valence-electron chi connectivity index (χ2n) is 5.98. The van der Waals surface area contributed by atoms with Crippen LogP contribution in [0.25, 0.3) is 0 Å². The van der Waals surface area contributed by atoms with Gasteiger partial charge in [-0.1, -0.05) is 12.5 Å². The van der Waals surface area contributed by atoms with Crippen molar-refractivity contribution in [3.63, 3.8) is 0 Å². The van der Waals surface area contributed by atoms with Gasteiger partial charge in [-0.3, -0.25) is 4.79 Å². The monoisotopic (exact) mass is 392 g/mol. The number of benzene rings is 1. The van der Waals surface area contributed by atoms with E-state index >= 15 is 0 Å². The topological polar surface area (TPSA) is 55.1 Å². The summed E-state index contributed by atoms with van der Waals surface area (Å²) in [5.41, 5.74) is 6.99. The van der Waals surface area contributed by atoms with Crippen LogP contribution in [-0.2, 0) is 11.2 Å². The maximum Gasteiger partial charge on any atom is 0.220 e. The van der Waals surface area contributed by atoms with E-state index in [1.165, 1.54) is 6.07 Å². The molecular weight excluding hydrogens is 371 g/mol. The van der Waals surface area contributed by atoms with Crippen molar-refractivity contribution in [1.29, 1.82) is 0 Å². The molecule has 0 aliphatic heterocycles. The first kappa shape index (κ1) is 19.4. The van der Waals surface area contributed by atoms with Crippen molar-refractivity contribution in [1.82, 2.24) is 5.32 Å². The minimum atomic E-state index is -0.273. The molecule has 1 fully saturated rings. The number of carbonyl (C=O) groups is 1. The predicted octanol–water partition coefficient (Wildman–Crippen LogP) is 3.57. The third-order valence-corrected chi connectivity index (χ3v) is 4.71. The molecule has 0 radical (unpaired) electrons. The van der Waals surface area contributed by atoms with Crippen LogP contribution >= 0.6 is 28.3 Å². The molecule has 22 heavy (non-hydrogen) atoms. The Bertz CT molecular complexity index is 515. The van der Waals surface area contributed by atoms with Crippen LogP contribution in [0.3, 0.4) is 0 Å². The Morgan fingerprint density at radius 3 is 2.82 bits per heavy atom. The molecule has 1 aliphatic carbocycles. The standard InChI is InChI=1S/C16H22BrFN2O.ClH/c1-10(7-11-5-6-14(18)13(17)8-11)20-16(21)9-12-3-2-4-15(12)19;/h5-6,8,10,12,15H,2-4,7,9,19H2,1H3,(H,20,21);1H/t10?,12-,15+;/m0./s1. The molecule has 0 saturated heterocycles. The lowest BCUT2D eigenvalue weighted by Gasteiger charge is -2.18. The van der Waals surface area contributed by atoms with Crippen molar-refractivity contribution in [3.05, 3.63) is 34.1 Å². The smallest absolute Gasteiger partial charge is 0.220 e. The fourth-order valence-corrected chi connectivity index (χ4v) is 3.39. The molecule has 1 amide bonds. The second-order valence-corrected chi connectivity index (χ2v) is 6.83. The van der Waals surface area contributed by atoms with Crippen LogP contribution in [0.15, 0.2) is 22.7 Å². The van der Waals surface area contributed by atoms with Crippen molar-refractivity contribution in [2.45, 2.75) is 51.1 Å². The van der Waals surface area contributed by atoms with Crippen LogP contribution < -0.4 is 11.1 Å². The number of hydrogen-bond donors (Lipinski definition) is 2. The molecule has 6 heteroatoms. The number of carbonyl (C=O) groups excluding carboxylic acids is 1. The van der Waals surface area contributed by atoms with Crippen LogP contribution in [0, 0.1) is 11.7 Å². The van der Waals surface area contributed by atoms with Crippen molar-refractivity contribution in [2.24, 2.45) is 11.7 Å². The van der Waals surface area contributed by atoms with Crippen molar-refractivity contribution < 1.29 is 9.18 Å². The zero-order chi connectivity index (χ0) is 15.4. The predicted molar refractivity (Wildman–Crippen MR) is 92.6 cm³/mol. The Morgan fingerprint density at radius 2 is 2.23 bits per heavy atom. The third kappa shape index (κ3) is 5.52. The van der Waals surface area contributed by atoms with Crippen molar-refractivity contribution in [3.8, 4) is 0 Å². The van der Waals surface area contributed by atoms with Crippen LogP contribution in [0.4, 0.5) is 4.39 Å². The molecule has 0 spiro atoms. The number of hydrogen-bond acceptors (Lipinski definition) is 2. The summed E-state index contributed by atoms with van der Waals surface area (Å²) >= 11 is 3.18. The molecule has 0 heterocycles. The molecule has 1 aromatic carbocycles. The Kier molecular flexibility index (Phi) is 7.80. The van der Waals surface area contributed by atoms with Crippen molar-refractivity contribution in [2.75, 3.05) is 0 Å². The molecule has 1 saturated carbocycles. The largest absolute Gasteiger partial charge is 0.353 e. The van der Waals surface area contributed by atoms with Gasteiger partial charge in [0.15, 0.2) is 0 Å². The maximum absolute atomic E-state index is 13.2. The molecule has 1 aliphatic rings. The molecule has 3 nitrogen and oxygen atoms in total. The lowest BCUT2D eigenvalue weighted by atomic mass is 9.99. The fraction of sp³-hybridized carbons (Fsp3) is 0.562. The van der Waals surface area contributed by atoms with Gasteiger partial charge in [-0.25, -0.2) is 4.39 Å². The zero-order valence-electron chi connectivity index (χ0n) is 12.6. The Morgan fingerprint density at radius 1 is 1.50 bits per heavy atom. The van der Waals surface area contributed by atoms with Gasteiger partial charge in [-0.05, 0) is 65.7 Å². The van der Waals surface area contributed by atoms with Gasteiger partial charge in [-0.2, -0.15) is 0 Å². The van der Waals surface area contributed by atoms with E-state index in [1.54, 1.807) is 12.1 Å². The minimum Gasteiger partial charge on any atom is -0.353 e. The van der Waals surface area contributed by atoms with E-state index in [2.05, 4.69) is 21.2 Å². The SMILES string of the molecule is CC(Cc1ccc(F)c(Br)c1)NC(=O)C[C@@H]1CCC[C@H]1N.Cl. The van der Waals surface area contributed by atoms with Crippen LogP contribution in [0.2, 0.25) is 0 Å². The van der Waals surface area contributed by atoms with E-state index in [0.717, 1.165) is 24.8 Å². The maximum atomic E-state index is 13.2. The number of rotatable bonds is 5. The van der Waals surface area contributed by atoms with E-state index < -0.39 is 0 Å². The third-order valence-electron chi connectivity index (χ3n) is 4.10. The first-order valence-corrected chi connectivity index (χ1v) is 8.24. The molecular formula is C16H23BrClFN2O. The summed E-state index contributed by atoms with van der Waals surface area (Å²) in [7, 11) is 0. The summed E-state index contributed by atoms with van der Waals surface area (Å²) in [6, 6.07) is 5.12. The van der Waals surface area contributed by atoms with Gasteiger partial charge in [0.2, 0.25) is 5.91 Å². The summed E-state index contributed by atoms with van der Waals surface area (Å²) in [6.45, 7) is 1.96. The molecule has 1 aromatic rings. The summed E-state index contributed by atoms with van der Waals surface area (Å²) in [4.78, 5) is 12.0. The summed E-state index contributed by atoms with van der Waals surface area (Å²) in [5, 5.41) is 3.01. The van der Waals surface area contributed by atoms with Crippen LogP contribution in [-0.4, -0.2) is 18.0 Å². The van der Waals surface area contributed by atoms with Gasteiger partial charge in [0.05, 0.1) is 4.47 Å². The zero-order valence-corrected chi connectivity index (χ0v) is 15.1. The Balaban J connectivity index is 0.00000242. The summed E-state index contributed by atoms with van der Waals surface area (Å²) in [5.74, 6) is 0.105. The number of nitrogens with two attached hydrogens (primary N) is 1. The molecule has 0 aromatic heterocycles. The number of nitrogens with one attached hydrogen (secondary N) is 1. The lowest BCUT2D eigenvalue weighted by Crippen LogP contribution is -2.37. The second kappa shape index (κ2) is 8.85. The summed E-state index contributed by atoms with van der Waals surface area (Å²) < 4.78 is 13.6. The molecule has 0 bridgehead atoms. The van der Waals surface area contributed by atoms with Crippen molar-refractivity contribution >= 4 is 34.2 Å². The van der Waals surface area contributed by atoms with E-state index in [0.29, 0.717) is 23.2 Å². The number of amides is 1. The molecule has 124 valence electrons. The van der Waals surface area contributed by atoms with E-state index in [9.17, 15) is 9.18 Å². The highest BCUT2D eigenvalue weighted by Gasteiger charge is 2.26. The first-order valence-electron chi connectivity index (χ1n) is 7.44. The fourth-order valence-electron chi connectivity index (χ4n) is 2.96. The quantitative estimate of drug-likeness (QED) is 0.803. The minimum absolute atomic E-state index is 0. The highest BCUT2D eigenvalue weighted by Crippen LogP contribution is 2.26. The van der Waals surface area contributed by atoms with E-state index in [1.807, 2.05) is 6.92 Å². The van der Waals surface area contributed by atoms with E-state index in [-0.39, 0.29) is 36.2 Å².